The quantitative estimate of drug-likeness (QED) is 0.481. The minimum atomic E-state index is -4.55. The molecule has 3 aromatic rings. The lowest BCUT2D eigenvalue weighted by atomic mass is 9.96. The third kappa shape index (κ3) is 4.95. The van der Waals surface area contributed by atoms with Gasteiger partial charge >= 0.3 is 6.18 Å². The van der Waals surface area contributed by atoms with E-state index in [0.717, 1.165) is 4.68 Å². The van der Waals surface area contributed by atoms with E-state index in [1.165, 1.54) is 20.3 Å². The highest BCUT2D eigenvalue weighted by atomic mass is 19.4. The number of fused-ring (bicyclic) bond motifs is 1. The number of halogens is 3. The number of carbonyl (C=O) groups excluding carboxylic acids is 1. The van der Waals surface area contributed by atoms with Gasteiger partial charge in [0.05, 0.1) is 26.6 Å². The molecule has 0 fully saturated rings. The SMILES string of the molecule is COc1ccc([C@@H]2C[C@@H](C(F)(F)F)n3nc(C(=O)NCCCn4ccnc4)cc3N2)cc1OC. The standard InChI is InChI=1S/C22H25F3N6O3/c1-33-17-5-4-14(10-18(17)34-2)15-11-19(22(23,24)25)31-20(28-15)12-16(29-31)21(32)27-6-3-8-30-9-7-26-13-30/h4-5,7,9-10,12-13,15,19,28H,3,6,8,11H2,1-2H3,(H,27,32)/t15-,19-/m0/s1. The Morgan fingerprint density at radius 1 is 1.24 bits per heavy atom. The van der Waals surface area contributed by atoms with E-state index in [2.05, 4.69) is 20.7 Å². The molecule has 3 heterocycles. The van der Waals surface area contributed by atoms with E-state index >= 15 is 0 Å². The fourth-order valence-corrected chi connectivity index (χ4v) is 3.95. The van der Waals surface area contributed by atoms with E-state index < -0.39 is 24.2 Å². The van der Waals surface area contributed by atoms with Gasteiger partial charge in [-0.25, -0.2) is 9.67 Å². The molecule has 1 aliphatic heterocycles. The molecule has 0 spiro atoms. The molecule has 0 saturated carbocycles. The number of aromatic nitrogens is 4. The molecule has 2 aromatic heterocycles. The lowest BCUT2D eigenvalue weighted by molar-refractivity contribution is -0.173. The number of rotatable bonds is 8. The summed E-state index contributed by atoms with van der Waals surface area (Å²) in [6.07, 6.45) is 0.940. The average Bonchev–Trinajstić information content (AvgIpc) is 3.49. The highest BCUT2D eigenvalue weighted by Gasteiger charge is 2.47. The number of amides is 1. The predicted molar refractivity (Wildman–Crippen MR) is 117 cm³/mol. The van der Waals surface area contributed by atoms with Gasteiger partial charge in [0.15, 0.2) is 23.2 Å². The summed E-state index contributed by atoms with van der Waals surface area (Å²) >= 11 is 0. The van der Waals surface area contributed by atoms with Gasteiger partial charge in [-0.05, 0) is 24.1 Å². The van der Waals surface area contributed by atoms with Gasteiger partial charge in [-0.1, -0.05) is 6.07 Å². The van der Waals surface area contributed by atoms with Crippen LogP contribution in [0.25, 0.3) is 0 Å². The number of methoxy groups -OCH3 is 2. The van der Waals surface area contributed by atoms with Crippen LogP contribution in [-0.2, 0) is 6.54 Å². The predicted octanol–water partition coefficient (Wildman–Crippen LogP) is 3.58. The van der Waals surface area contributed by atoms with E-state index in [4.69, 9.17) is 9.47 Å². The van der Waals surface area contributed by atoms with Crippen LogP contribution in [0.4, 0.5) is 19.0 Å². The van der Waals surface area contributed by atoms with Crippen molar-refractivity contribution in [2.75, 3.05) is 26.1 Å². The van der Waals surface area contributed by atoms with Crippen LogP contribution in [0.15, 0.2) is 43.0 Å². The van der Waals surface area contributed by atoms with E-state index in [1.807, 2.05) is 10.8 Å². The lowest BCUT2D eigenvalue weighted by Crippen LogP contribution is -2.35. The van der Waals surface area contributed by atoms with Crippen LogP contribution in [0, 0.1) is 0 Å². The summed E-state index contributed by atoms with van der Waals surface area (Å²) in [5.74, 6) is 0.488. The zero-order valence-corrected chi connectivity index (χ0v) is 18.7. The Kier molecular flexibility index (Phi) is 6.66. The Morgan fingerprint density at radius 2 is 2.03 bits per heavy atom. The first kappa shape index (κ1) is 23.5. The molecule has 0 saturated heterocycles. The molecule has 34 heavy (non-hydrogen) atoms. The van der Waals surface area contributed by atoms with Crippen LogP contribution in [0.3, 0.4) is 0 Å². The zero-order chi connectivity index (χ0) is 24.3. The minimum Gasteiger partial charge on any atom is -0.493 e. The third-order valence-corrected chi connectivity index (χ3v) is 5.67. The monoisotopic (exact) mass is 478 g/mol. The number of nitrogens with zero attached hydrogens (tertiary/aromatic N) is 4. The molecule has 4 rings (SSSR count). The van der Waals surface area contributed by atoms with Crippen molar-refractivity contribution in [1.82, 2.24) is 24.6 Å². The van der Waals surface area contributed by atoms with Crippen molar-refractivity contribution in [3.8, 4) is 11.5 Å². The number of nitrogens with one attached hydrogen (secondary N) is 2. The van der Waals surface area contributed by atoms with E-state index in [0.29, 0.717) is 36.6 Å². The first-order valence-corrected chi connectivity index (χ1v) is 10.7. The van der Waals surface area contributed by atoms with Gasteiger partial charge in [0.2, 0.25) is 0 Å². The molecular formula is C22H25F3N6O3. The van der Waals surface area contributed by atoms with Crippen molar-refractivity contribution >= 4 is 11.7 Å². The number of hydrogen-bond acceptors (Lipinski definition) is 6. The highest BCUT2D eigenvalue weighted by Crippen LogP contribution is 2.44. The second-order valence-electron chi connectivity index (χ2n) is 7.87. The molecule has 0 radical (unpaired) electrons. The van der Waals surface area contributed by atoms with E-state index in [1.54, 1.807) is 30.7 Å². The number of alkyl halides is 3. The molecule has 2 atom stereocenters. The number of aryl methyl sites for hydroxylation is 1. The Labute approximate surface area is 193 Å². The van der Waals surface area contributed by atoms with Crippen molar-refractivity contribution in [3.63, 3.8) is 0 Å². The normalized spacial score (nSPS) is 17.6. The van der Waals surface area contributed by atoms with Crippen LogP contribution < -0.4 is 20.1 Å². The first-order chi connectivity index (χ1) is 16.3. The Morgan fingerprint density at radius 3 is 2.71 bits per heavy atom. The molecule has 1 aliphatic rings. The molecule has 1 amide bonds. The smallest absolute Gasteiger partial charge is 0.410 e. The number of ether oxygens (including phenoxy) is 2. The number of hydrogen-bond donors (Lipinski definition) is 2. The summed E-state index contributed by atoms with van der Waals surface area (Å²) in [5.41, 5.74) is 0.525. The fraction of sp³-hybridized carbons (Fsp3) is 0.409. The molecule has 9 nitrogen and oxygen atoms in total. The van der Waals surface area contributed by atoms with Gasteiger partial charge in [0.1, 0.15) is 5.82 Å². The molecule has 0 bridgehead atoms. The minimum absolute atomic E-state index is 0.0765. The molecule has 0 unspecified atom stereocenters. The van der Waals surface area contributed by atoms with Gasteiger partial charge in [-0.2, -0.15) is 18.3 Å². The topological polar surface area (TPSA) is 95.2 Å². The van der Waals surface area contributed by atoms with Crippen LogP contribution in [0.2, 0.25) is 0 Å². The summed E-state index contributed by atoms with van der Waals surface area (Å²) in [7, 11) is 2.95. The van der Waals surface area contributed by atoms with Crippen LogP contribution in [0.5, 0.6) is 11.5 Å². The molecule has 0 aliphatic carbocycles. The summed E-state index contributed by atoms with van der Waals surface area (Å²) in [4.78, 5) is 16.5. The van der Waals surface area contributed by atoms with Gasteiger partial charge in [-0.3, -0.25) is 4.79 Å². The number of imidazole rings is 1. The summed E-state index contributed by atoms with van der Waals surface area (Å²) < 4.78 is 55.0. The Hall–Kier alpha value is -3.70. The van der Waals surface area contributed by atoms with Gasteiger partial charge in [0.25, 0.3) is 5.91 Å². The maximum atomic E-state index is 13.9. The summed E-state index contributed by atoms with van der Waals surface area (Å²) in [5, 5.41) is 9.76. The van der Waals surface area contributed by atoms with Crippen molar-refractivity contribution < 1.29 is 27.4 Å². The van der Waals surface area contributed by atoms with E-state index in [9.17, 15) is 18.0 Å². The van der Waals surface area contributed by atoms with Crippen molar-refractivity contribution in [2.45, 2.75) is 37.6 Å². The van der Waals surface area contributed by atoms with E-state index in [-0.39, 0.29) is 17.9 Å². The lowest BCUT2D eigenvalue weighted by Gasteiger charge is -2.33. The molecule has 1 aromatic carbocycles. The maximum absolute atomic E-state index is 13.9. The van der Waals surface area contributed by atoms with Crippen LogP contribution in [0.1, 0.15) is 41.0 Å². The summed E-state index contributed by atoms with van der Waals surface area (Å²) in [6.45, 7) is 1.01. The number of benzene rings is 1. The highest BCUT2D eigenvalue weighted by molar-refractivity contribution is 5.93. The largest absolute Gasteiger partial charge is 0.493 e. The second kappa shape index (κ2) is 9.65. The zero-order valence-electron chi connectivity index (χ0n) is 18.7. The number of carbonyl (C=O) groups is 1. The fourth-order valence-electron chi connectivity index (χ4n) is 3.95. The van der Waals surface area contributed by atoms with Crippen molar-refractivity contribution in [1.29, 1.82) is 0 Å². The van der Waals surface area contributed by atoms with Gasteiger partial charge in [0, 0.05) is 38.0 Å². The number of anilines is 1. The average molecular weight is 478 g/mol. The molecule has 182 valence electrons. The van der Waals surface area contributed by atoms with Gasteiger partial charge < -0.3 is 24.7 Å². The van der Waals surface area contributed by atoms with Gasteiger partial charge in [-0.15, -0.1) is 0 Å². The Balaban J connectivity index is 1.51. The first-order valence-electron chi connectivity index (χ1n) is 10.7. The van der Waals surface area contributed by atoms with Crippen molar-refractivity contribution in [2.24, 2.45) is 0 Å². The third-order valence-electron chi connectivity index (χ3n) is 5.67. The molecular weight excluding hydrogens is 453 g/mol. The van der Waals surface area contributed by atoms with Crippen LogP contribution >= 0.6 is 0 Å². The maximum Gasteiger partial charge on any atom is 0.410 e. The summed E-state index contributed by atoms with van der Waals surface area (Å²) in [6, 6.07) is 3.77. The Bertz CT molecular complexity index is 1130. The molecule has 12 heteroatoms. The van der Waals surface area contributed by atoms with Crippen molar-refractivity contribution in [3.05, 3.63) is 54.2 Å². The second-order valence-corrected chi connectivity index (χ2v) is 7.87. The van der Waals surface area contributed by atoms with Crippen LogP contribution in [-0.4, -0.2) is 52.2 Å². The molecule has 2 N–H and O–H groups in total.